The van der Waals surface area contributed by atoms with Gasteiger partial charge in [-0.3, -0.25) is 14.9 Å². The summed E-state index contributed by atoms with van der Waals surface area (Å²) in [5, 5.41) is 6.27. The Balaban J connectivity index is 0.00000220. The topological polar surface area (TPSA) is 61.4 Å². The number of hydrogen-bond acceptors (Lipinski definition) is 4. The normalized spacial score (nSPS) is 17.0. The van der Waals surface area contributed by atoms with Crippen LogP contribution in [-0.4, -0.2) is 48.5 Å². The first-order chi connectivity index (χ1) is 9.49. The predicted molar refractivity (Wildman–Crippen MR) is 89.6 cm³/mol. The highest BCUT2D eigenvalue weighted by Gasteiger charge is 2.23. The van der Waals surface area contributed by atoms with Gasteiger partial charge in [-0.2, -0.15) is 0 Å². The van der Waals surface area contributed by atoms with Crippen molar-refractivity contribution >= 4 is 53.3 Å². The average Bonchev–Trinajstić information content (AvgIpc) is 2.94. The highest BCUT2D eigenvalue weighted by molar-refractivity contribution is 7.99. The van der Waals surface area contributed by atoms with Crippen LogP contribution >= 0.6 is 35.8 Å². The van der Waals surface area contributed by atoms with Crippen molar-refractivity contribution < 1.29 is 9.59 Å². The second kappa shape index (κ2) is 7.89. The lowest BCUT2D eigenvalue weighted by Gasteiger charge is -2.14. The molecule has 1 unspecified atom stereocenters. The van der Waals surface area contributed by atoms with Crippen LogP contribution in [0.2, 0.25) is 5.02 Å². The van der Waals surface area contributed by atoms with E-state index in [1.807, 2.05) is 0 Å². The van der Waals surface area contributed by atoms with Gasteiger partial charge in [-0.05, 0) is 18.2 Å². The van der Waals surface area contributed by atoms with E-state index in [2.05, 4.69) is 10.6 Å². The molecule has 1 aliphatic heterocycles. The maximum Gasteiger partial charge on any atom is 0.254 e. The molecule has 1 fully saturated rings. The Bertz CT molecular complexity index is 534. The van der Waals surface area contributed by atoms with Gasteiger partial charge in [0.25, 0.3) is 5.91 Å². The maximum absolute atomic E-state index is 12.0. The fourth-order valence-corrected chi connectivity index (χ4v) is 2.94. The molecule has 116 valence electrons. The van der Waals surface area contributed by atoms with Gasteiger partial charge >= 0.3 is 0 Å². The summed E-state index contributed by atoms with van der Waals surface area (Å²) in [4.78, 5) is 25.4. The van der Waals surface area contributed by atoms with Crippen LogP contribution in [0.5, 0.6) is 0 Å². The molecule has 0 spiro atoms. The summed E-state index contributed by atoms with van der Waals surface area (Å²) in [5.74, 6) is 1.24. The Morgan fingerprint density at radius 1 is 1.43 bits per heavy atom. The van der Waals surface area contributed by atoms with Crippen LogP contribution in [0.1, 0.15) is 10.4 Å². The SMILES string of the molecule is CN(C)C(=O)c1cc(NC(=O)C2CSCN2)ccc1Cl.Cl. The zero-order chi connectivity index (χ0) is 14.7. The molecule has 8 heteroatoms. The van der Waals surface area contributed by atoms with Crippen molar-refractivity contribution in [3.63, 3.8) is 0 Å². The van der Waals surface area contributed by atoms with E-state index < -0.39 is 0 Å². The van der Waals surface area contributed by atoms with Gasteiger partial charge in [-0.1, -0.05) is 11.6 Å². The predicted octanol–water partition coefficient (Wildman–Crippen LogP) is 2.06. The summed E-state index contributed by atoms with van der Waals surface area (Å²) in [6, 6.07) is 4.72. The van der Waals surface area contributed by atoms with Crippen LogP contribution in [0, 0.1) is 0 Å². The fourth-order valence-electron chi connectivity index (χ4n) is 1.80. The molecule has 2 rings (SSSR count). The van der Waals surface area contributed by atoms with E-state index in [4.69, 9.17) is 11.6 Å². The largest absolute Gasteiger partial charge is 0.345 e. The second-order valence-corrected chi connectivity index (χ2v) is 6.09. The van der Waals surface area contributed by atoms with E-state index >= 15 is 0 Å². The van der Waals surface area contributed by atoms with Crippen molar-refractivity contribution in [2.75, 3.05) is 31.0 Å². The van der Waals surface area contributed by atoms with Gasteiger partial charge in [0.1, 0.15) is 0 Å². The first-order valence-electron chi connectivity index (χ1n) is 6.12. The molecule has 0 aromatic heterocycles. The standard InChI is InChI=1S/C13H16ClN3O2S.ClH/c1-17(2)13(19)9-5-8(3-4-10(9)14)16-12(18)11-6-20-7-15-11;/h3-5,11,15H,6-7H2,1-2H3,(H,16,18);1H. The van der Waals surface area contributed by atoms with E-state index in [0.29, 0.717) is 16.3 Å². The highest BCUT2D eigenvalue weighted by Crippen LogP contribution is 2.22. The molecule has 0 radical (unpaired) electrons. The van der Waals surface area contributed by atoms with E-state index in [1.54, 1.807) is 44.1 Å². The van der Waals surface area contributed by atoms with Gasteiger partial charge in [-0.25, -0.2) is 0 Å². The molecule has 1 atom stereocenters. The van der Waals surface area contributed by atoms with E-state index in [9.17, 15) is 9.59 Å². The van der Waals surface area contributed by atoms with Gasteiger partial charge in [0.15, 0.2) is 0 Å². The summed E-state index contributed by atoms with van der Waals surface area (Å²) < 4.78 is 0. The van der Waals surface area contributed by atoms with E-state index in [1.165, 1.54) is 4.90 Å². The number of carbonyl (C=O) groups excluding carboxylic acids is 2. The molecule has 2 amide bonds. The number of benzene rings is 1. The minimum absolute atomic E-state index is 0. The van der Waals surface area contributed by atoms with Gasteiger partial charge in [0.05, 0.1) is 16.6 Å². The number of anilines is 1. The molecule has 0 saturated carbocycles. The molecule has 1 saturated heterocycles. The number of thioether (sulfide) groups is 1. The summed E-state index contributed by atoms with van der Waals surface area (Å²) in [5.41, 5.74) is 0.950. The number of hydrogen-bond donors (Lipinski definition) is 2. The van der Waals surface area contributed by atoms with Crippen LogP contribution in [-0.2, 0) is 4.79 Å². The zero-order valence-corrected chi connectivity index (χ0v) is 14.1. The third-order valence-corrected chi connectivity index (χ3v) is 4.17. The Hall–Kier alpha value is -0.950. The first kappa shape index (κ1) is 18.1. The molecule has 1 heterocycles. The Morgan fingerprint density at radius 3 is 2.71 bits per heavy atom. The van der Waals surface area contributed by atoms with Crippen molar-refractivity contribution in [3.05, 3.63) is 28.8 Å². The minimum atomic E-state index is -0.194. The van der Waals surface area contributed by atoms with Gasteiger partial charge in [0.2, 0.25) is 5.91 Å². The molecule has 0 bridgehead atoms. The number of nitrogens with one attached hydrogen (secondary N) is 2. The fraction of sp³-hybridized carbons (Fsp3) is 0.385. The van der Waals surface area contributed by atoms with Crippen LogP contribution in [0.4, 0.5) is 5.69 Å². The van der Waals surface area contributed by atoms with Gasteiger partial charge in [-0.15, -0.1) is 24.2 Å². The molecule has 1 aromatic rings. The molecule has 0 aliphatic carbocycles. The summed E-state index contributed by atoms with van der Waals surface area (Å²) in [6.07, 6.45) is 0. The van der Waals surface area contributed by atoms with Gasteiger partial charge < -0.3 is 10.2 Å². The van der Waals surface area contributed by atoms with Crippen LogP contribution in [0.15, 0.2) is 18.2 Å². The van der Waals surface area contributed by atoms with Crippen molar-refractivity contribution in [1.82, 2.24) is 10.2 Å². The smallest absolute Gasteiger partial charge is 0.254 e. The van der Waals surface area contributed by atoms with Crippen molar-refractivity contribution in [2.24, 2.45) is 0 Å². The molecule has 5 nitrogen and oxygen atoms in total. The monoisotopic (exact) mass is 349 g/mol. The summed E-state index contributed by atoms with van der Waals surface area (Å²) >= 11 is 7.70. The maximum atomic E-state index is 12.0. The first-order valence-corrected chi connectivity index (χ1v) is 7.65. The third kappa shape index (κ3) is 4.51. The summed E-state index contributed by atoms with van der Waals surface area (Å²) in [6.45, 7) is 0. The Labute approximate surface area is 139 Å². The quantitative estimate of drug-likeness (QED) is 0.876. The summed E-state index contributed by atoms with van der Waals surface area (Å²) in [7, 11) is 3.31. The van der Waals surface area contributed by atoms with Crippen LogP contribution < -0.4 is 10.6 Å². The number of amides is 2. The molecule has 1 aliphatic rings. The average molecular weight is 350 g/mol. The molecule has 2 N–H and O–H groups in total. The molecule has 21 heavy (non-hydrogen) atoms. The molecular formula is C13H17Cl2N3O2S. The number of rotatable bonds is 3. The number of carbonyl (C=O) groups is 2. The number of nitrogens with zero attached hydrogens (tertiary/aromatic N) is 1. The lowest BCUT2D eigenvalue weighted by molar-refractivity contribution is -0.117. The zero-order valence-electron chi connectivity index (χ0n) is 11.7. The Kier molecular flexibility index (Phi) is 6.80. The van der Waals surface area contributed by atoms with Crippen LogP contribution in [0.25, 0.3) is 0 Å². The Morgan fingerprint density at radius 2 is 2.14 bits per heavy atom. The van der Waals surface area contributed by atoms with Crippen LogP contribution in [0.3, 0.4) is 0 Å². The van der Waals surface area contributed by atoms with Gasteiger partial charge in [0, 0.05) is 31.4 Å². The lowest BCUT2D eigenvalue weighted by atomic mass is 10.1. The lowest BCUT2D eigenvalue weighted by Crippen LogP contribution is -2.37. The van der Waals surface area contributed by atoms with Crippen molar-refractivity contribution in [3.8, 4) is 0 Å². The highest BCUT2D eigenvalue weighted by atomic mass is 35.5. The molecule has 1 aromatic carbocycles. The number of halogens is 2. The molecular weight excluding hydrogens is 333 g/mol. The van der Waals surface area contributed by atoms with Crippen molar-refractivity contribution in [2.45, 2.75) is 6.04 Å². The minimum Gasteiger partial charge on any atom is -0.345 e. The third-order valence-electron chi connectivity index (χ3n) is 2.90. The van der Waals surface area contributed by atoms with E-state index in [-0.39, 0.29) is 30.3 Å². The van der Waals surface area contributed by atoms with Crippen molar-refractivity contribution in [1.29, 1.82) is 0 Å². The van der Waals surface area contributed by atoms with E-state index in [0.717, 1.165) is 11.6 Å². The second-order valence-electron chi connectivity index (χ2n) is 4.66.